The highest BCUT2D eigenvalue weighted by Crippen LogP contribution is 2.43. The Morgan fingerprint density at radius 1 is 1.00 bits per heavy atom. The molecule has 2 saturated heterocycles. The van der Waals surface area contributed by atoms with Crippen LogP contribution in [0.25, 0.3) is 0 Å². The second-order valence-corrected chi connectivity index (χ2v) is 9.15. The topological polar surface area (TPSA) is 38.8 Å². The number of fused-ring (bicyclic) bond motifs is 1. The van der Waals surface area contributed by atoms with E-state index in [4.69, 9.17) is 9.47 Å². The molecule has 0 bridgehead atoms. The Hall–Kier alpha value is -2.66. The van der Waals surface area contributed by atoms with Crippen LogP contribution in [-0.4, -0.2) is 43.2 Å². The van der Waals surface area contributed by atoms with Gasteiger partial charge in [-0.25, -0.2) is 4.39 Å². The maximum atomic E-state index is 13.6. The molecule has 2 aliphatic heterocycles. The van der Waals surface area contributed by atoms with Crippen molar-refractivity contribution in [1.29, 1.82) is 0 Å². The van der Waals surface area contributed by atoms with Crippen LogP contribution in [0, 0.1) is 11.7 Å². The minimum atomic E-state index is -4.95. The monoisotopic (exact) mass is 519 g/mol. The van der Waals surface area contributed by atoms with E-state index in [1.807, 2.05) is 0 Å². The molecule has 4 rings (SSSR count). The first-order valence-corrected chi connectivity index (χ1v) is 11.3. The number of halogens is 7. The zero-order chi connectivity index (χ0) is 26.3. The standard InChI is InChI=1S/C25H24F7NO3/c1-35-23(34)16-6-7-33-12-21(22(20(33)10-16)15-2-4-19(26)5-3-15)36-13-14-8-17(24(27,28)29)11-18(9-14)25(30,31)32/h2-5,8-9,11,16,20-22H,6-7,10,12-13H2,1H3. The Labute approximate surface area is 203 Å². The molecule has 0 aromatic heterocycles. The fourth-order valence-corrected chi connectivity index (χ4v) is 5.20. The highest BCUT2D eigenvalue weighted by molar-refractivity contribution is 5.72. The molecule has 2 aromatic rings. The van der Waals surface area contributed by atoms with E-state index in [-0.39, 0.29) is 35.5 Å². The van der Waals surface area contributed by atoms with E-state index >= 15 is 0 Å². The van der Waals surface area contributed by atoms with Crippen LogP contribution in [0.5, 0.6) is 0 Å². The van der Waals surface area contributed by atoms with Gasteiger partial charge in [0.25, 0.3) is 0 Å². The van der Waals surface area contributed by atoms with Gasteiger partial charge in [-0.15, -0.1) is 0 Å². The molecular formula is C25H24F7NO3. The maximum Gasteiger partial charge on any atom is 0.416 e. The number of nitrogens with zero attached hydrogens (tertiary/aromatic N) is 1. The number of methoxy groups -OCH3 is 1. The zero-order valence-electron chi connectivity index (χ0n) is 19.2. The molecule has 0 radical (unpaired) electrons. The van der Waals surface area contributed by atoms with Gasteiger partial charge in [-0.2, -0.15) is 26.3 Å². The van der Waals surface area contributed by atoms with Gasteiger partial charge in [0.05, 0.1) is 36.9 Å². The number of esters is 1. The SMILES string of the molecule is COC(=O)C1CCN2CC(OCc3cc(C(F)(F)F)cc(C(F)(F)F)c3)C(c3ccc(F)cc3)C2C1. The summed E-state index contributed by atoms with van der Waals surface area (Å²) in [6.07, 6.45) is -9.52. The van der Waals surface area contributed by atoms with E-state index in [0.717, 1.165) is 0 Å². The Bertz CT molecular complexity index is 1050. The third-order valence-corrected chi connectivity index (χ3v) is 6.89. The van der Waals surface area contributed by atoms with Crippen LogP contribution in [0.4, 0.5) is 30.7 Å². The quantitative estimate of drug-likeness (QED) is 0.370. The minimum Gasteiger partial charge on any atom is -0.469 e. The van der Waals surface area contributed by atoms with Crippen LogP contribution in [0.2, 0.25) is 0 Å². The average Bonchev–Trinajstić information content (AvgIpc) is 3.19. The highest BCUT2D eigenvalue weighted by atomic mass is 19.4. The number of benzene rings is 2. The Morgan fingerprint density at radius 2 is 1.61 bits per heavy atom. The van der Waals surface area contributed by atoms with Crippen molar-refractivity contribution in [3.05, 3.63) is 70.5 Å². The van der Waals surface area contributed by atoms with Crippen molar-refractivity contribution in [2.45, 2.75) is 49.9 Å². The molecule has 196 valence electrons. The first-order chi connectivity index (χ1) is 16.9. The summed E-state index contributed by atoms with van der Waals surface area (Å²) in [6.45, 7) is 0.436. The molecule has 4 atom stereocenters. The summed E-state index contributed by atoms with van der Waals surface area (Å²) >= 11 is 0. The molecule has 0 aliphatic carbocycles. The summed E-state index contributed by atoms with van der Waals surface area (Å²) in [5.41, 5.74) is -2.36. The van der Waals surface area contributed by atoms with Crippen molar-refractivity contribution in [3.63, 3.8) is 0 Å². The second-order valence-electron chi connectivity index (χ2n) is 9.15. The molecule has 2 aliphatic rings. The summed E-state index contributed by atoms with van der Waals surface area (Å²) in [5, 5.41) is 0. The molecule has 0 spiro atoms. The molecule has 0 saturated carbocycles. The Kier molecular flexibility index (Phi) is 7.34. The number of alkyl halides is 6. The number of rotatable bonds is 5. The Balaban J connectivity index is 1.61. The fourth-order valence-electron chi connectivity index (χ4n) is 5.20. The number of hydrogen-bond donors (Lipinski definition) is 0. The van der Waals surface area contributed by atoms with Gasteiger partial charge in [-0.05, 0) is 60.8 Å². The van der Waals surface area contributed by atoms with Crippen LogP contribution < -0.4 is 0 Å². The molecule has 2 heterocycles. The van der Waals surface area contributed by atoms with E-state index in [1.165, 1.54) is 19.2 Å². The lowest BCUT2D eigenvalue weighted by Gasteiger charge is -2.36. The summed E-state index contributed by atoms with van der Waals surface area (Å²) in [7, 11) is 1.30. The van der Waals surface area contributed by atoms with Crippen LogP contribution in [0.1, 0.15) is 41.0 Å². The second kappa shape index (κ2) is 10.0. The molecule has 36 heavy (non-hydrogen) atoms. The molecular weight excluding hydrogens is 495 g/mol. The number of hydrogen-bond acceptors (Lipinski definition) is 4. The lowest BCUT2D eigenvalue weighted by atomic mass is 9.82. The average molecular weight is 519 g/mol. The van der Waals surface area contributed by atoms with Gasteiger partial charge in [0.1, 0.15) is 5.82 Å². The number of carbonyl (C=O) groups is 1. The molecule has 2 fully saturated rings. The molecule has 0 N–H and O–H groups in total. The van der Waals surface area contributed by atoms with E-state index in [1.54, 1.807) is 12.1 Å². The molecule has 4 nitrogen and oxygen atoms in total. The van der Waals surface area contributed by atoms with Gasteiger partial charge in [-0.3, -0.25) is 9.69 Å². The van der Waals surface area contributed by atoms with Gasteiger partial charge < -0.3 is 9.47 Å². The highest BCUT2D eigenvalue weighted by Gasteiger charge is 2.47. The van der Waals surface area contributed by atoms with E-state index in [0.29, 0.717) is 43.6 Å². The van der Waals surface area contributed by atoms with E-state index in [2.05, 4.69) is 4.90 Å². The normalized spacial score (nSPS) is 25.0. The third kappa shape index (κ3) is 5.67. The number of ether oxygens (including phenoxy) is 2. The van der Waals surface area contributed by atoms with Crippen molar-refractivity contribution in [1.82, 2.24) is 4.90 Å². The molecule has 2 aromatic carbocycles. The lowest BCUT2D eigenvalue weighted by Crippen LogP contribution is -2.42. The number of piperidine rings is 1. The third-order valence-electron chi connectivity index (χ3n) is 6.89. The van der Waals surface area contributed by atoms with Crippen molar-refractivity contribution in [2.75, 3.05) is 20.2 Å². The maximum absolute atomic E-state index is 13.6. The minimum absolute atomic E-state index is 0.0770. The predicted molar refractivity (Wildman–Crippen MR) is 114 cm³/mol. The first kappa shape index (κ1) is 26.4. The summed E-state index contributed by atoms with van der Waals surface area (Å²) in [5.74, 6) is -1.52. The largest absolute Gasteiger partial charge is 0.469 e. The molecule has 4 unspecified atom stereocenters. The van der Waals surface area contributed by atoms with Crippen molar-refractivity contribution in [2.24, 2.45) is 5.92 Å². The van der Waals surface area contributed by atoms with Crippen molar-refractivity contribution < 1.29 is 45.0 Å². The molecule has 11 heteroatoms. The van der Waals surface area contributed by atoms with E-state index < -0.39 is 42.0 Å². The van der Waals surface area contributed by atoms with Gasteiger partial charge in [-0.1, -0.05) is 12.1 Å². The Morgan fingerprint density at radius 3 is 2.17 bits per heavy atom. The van der Waals surface area contributed by atoms with Crippen LogP contribution in [0.3, 0.4) is 0 Å². The van der Waals surface area contributed by atoms with Crippen molar-refractivity contribution in [3.8, 4) is 0 Å². The van der Waals surface area contributed by atoms with E-state index in [9.17, 15) is 35.5 Å². The first-order valence-electron chi connectivity index (χ1n) is 11.3. The van der Waals surface area contributed by atoms with Crippen LogP contribution in [0.15, 0.2) is 42.5 Å². The fraction of sp³-hybridized carbons (Fsp3) is 0.480. The van der Waals surface area contributed by atoms with Crippen LogP contribution in [-0.2, 0) is 33.2 Å². The van der Waals surface area contributed by atoms with Crippen LogP contribution >= 0.6 is 0 Å². The number of carbonyl (C=O) groups excluding carboxylic acids is 1. The lowest BCUT2D eigenvalue weighted by molar-refractivity contribution is -0.147. The van der Waals surface area contributed by atoms with Gasteiger partial charge in [0.15, 0.2) is 0 Å². The van der Waals surface area contributed by atoms with Gasteiger partial charge >= 0.3 is 18.3 Å². The van der Waals surface area contributed by atoms with Gasteiger partial charge in [0.2, 0.25) is 0 Å². The predicted octanol–water partition coefficient (Wildman–Crippen LogP) is 5.80. The smallest absolute Gasteiger partial charge is 0.416 e. The summed E-state index contributed by atoms with van der Waals surface area (Å²) in [4.78, 5) is 14.2. The van der Waals surface area contributed by atoms with Crippen molar-refractivity contribution >= 4 is 5.97 Å². The molecule has 0 amide bonds. The summed E-state index contributed by atoms with van der Waals surface area (Å²) in [6, 6.07) is 6.89. The van der Waals surface area contributed by atoms with Gasteiger partial charge in [0, 0.05) is 18.5 Å². The zero-order valence-corrected chi connectivity index (χ0v) is 19.2. The summed E-state index contributed by atoms with van der Waals surface area (Å²) < 4.78 is 104.